The monoisotopic (exact) mass is 317 g/mol. The number of H-pyrrole nitrogens is 1. The normalized spacial score (nSPS) is 10.3. The molecule has 0 aliphatic heterocycles. The van der Waals surface area contributed by atoms with Crippen molar-refractivity contribution in [2.75, 3.05) is 13.7 Å². The lowest BCUT2D eigenvalue weighted by Gasteiger charge is -2.08. The van der Waals surface area contributed by atoms with E-state index in [9.17, 15) is 9.59 Å². The summed E-state index contributed by atoms with van der Waals surface area (Å²) < 4.78 is 15.5. The molecule has 6 nitrogen and oxygen atoms in total. The smallest absolute Gasteiger partial charge is 0.360 e. The van der Waals surface area contributed by atoms with Gasteiger partial charge in [0.15, 0.2) is 11.5 Å². The topological polar surface area (TPSA) is 77.6 Å². The predicted octanol–water partition coefficient (Wildman–Crippen LogP) is 3.04. The Hall–Kier alpha value is -2.76. The number of hydrogen-bond acceptors (Lipinski definition) is 5. The summed E-state index contributed by atoms with van der Waals surface area (Å²) in [6, 6.07) is 6.84. The Labute approximate surface area is 134 Å². The molecule has 0 atom stereocenters. The molecule has 0 spiro atoms. The van der Waals surface area contributed by atoms with Crippen LogP contribution >= 0.6 is 0 Å². The minimum atomic E-state index is -0.592. The van der Waals surface area contributed by atoms with E-state index in [1.807, 2.05) is 0 Å². The summed E-state index contributed by atoms with van der Waals surface area (Å²) in [6.45, 7) is 5.38. The van der Waals surface area contributed by atoms with Gasteiger partial charge in [-0.2, -0.15) is 0 Å². The van der Waals surface area contributed by atoms with Gasteiger partial charge in [0.25, 0.3) is 0 Å². The van der Waals surface area contributed by atoms with Gasteiger partial charge in [0.1, 0.15) is 5.69 Å². The number of carbonyl (C=O) groups is 2. The SMILES string of the molecule is CCOC(=O)c1c(C)[nH]c(C(=O)Oc2ccccc2OC)c1C. The molecule has 2 rings (SSSR count). The van der Waals surface area contributed by atoms with Crippen molar-refractivity contribution in [3.8, 4) is 11.5 Å². The highest BCUT2D eigenvalue weighted by molar-refractivity contribution is 5.99. The molecule has 1 N–H and O–H groups in total. The number of esters is 2. The third-order valence-electron chi connectivity index (χ3n) is 3.39. The quantitative estimate of drug-likeness (QED) is 0.677. The van der Waals surface area contributed by atoms with Gasteiger partial charge >= 0.3 is 11.9 Å². The maximum atomic E-state index is 12.4. The second kappa shape index (κ2) is 7.00. The van der Waals surface area contributed by atoms with E-state index >= 15 is 0 Å². The Morgan fingerprint density at radius 1 is 1.09 bits per heavy atom. The molecule has 6 heteroatoms. The second-order valence-corrected chi connectivity index (χ2v) is 4.89. The fourth-order valence-electron chi connectivity index (χ4n) is 2.32. The number of aryl methyl sites for hydroxylation is 1. The summed E-state index contributed by atoms with van der Waals surface area (Å²) in [5, 5.41) is 0. The molecule has 0 unspecified atom stereocenters. The maximum absolute atomic E-state index is 12.4. The van der Waals surface area contributed by atoms with Crippen LogP contribution in [0.1, 0.15) is 39.0 Å². The van der Waals surface area contributed by atoms with Crippen LogP contribution in [0, 0.1) is 13.8 Å². The van der Waals surface area contributed by atoms with Crippen molar-refractivity contribution in [1.29, 1.82) is 0 Å². The van der Waals surface area contributed by atoms with E-state index in [4.69, 9.17) is 14.2 Å². The Morgan fingerprint density at radius 3 is 2.35 bits per heavy atom. The fraction of sp³-hybridized carbons (Fsp3) is 0.294. The number of rotatable bonds is 5. The summed E-state index contributed by atoms with van der Waals surface area (Å²) in [6.07, 6.45) is 0. The molecule has 0 fully saturated rings. The van der Waals surface area contributed by atoms with Crippen molar-refractivity contribution < 1.29 is 23.8 Å². The van der Waals surface area contributed by atoms with Gasteiger partial charge < -0.3 is 19.2 Å². The lowest BCUT2D eigenvalue weighted by atomic mass is 10.1. The van der Waals surface area contributed by atoms with Crippen LogP contribution in [0.5, 0.6) is 11.5 Å². The standard InChI is InChI=1S/C17H19NO5/c1-5-22-16(19)14-10(2)15(18-11(14)3)17(20)23-13-9-7-6-8-12(13)21-4/h6-9,18H,5H2,1-4H3. The zero-order chi connectivity index (χ0) is 17.0. The van der Waals surface area contributed by atoms with Crippen molar-refractivity contribution in [3.63, 3.8) is 0 Å². The molecule has 0 saturated heterocycles. The number of hydrogen-bond donors (Lipinski definition) is 1. The fourth-order valence-corrected chi connectivity index (χ4v) is 2.32. The van der Waals surface area contributed by atoms with E-state index in [1.54, 1.807) is 45.0 Å². The Bertz CT molecular complexity index is 733. The number of aromatic amines is 1. The molecule has 1 heterocycles. The highest BCUT2D eigenvalue weighted by atomic mass is 16.6. The van der Waals surface area contributed by atoms with E-state index in [2.05, 4.69) is 4.98 Å². The number of methoxy groups -OCH3 is 1. The van der Waals surface area contributed by atoms with Crippen molar-refractivity contribution in [3.05, 3.63) is 46.8 Å². The minimum absolute atomic E-state index is 0.219. The molecule has 23 heavy (non-hydrogen) atoms. The largest absolute Gasteiger partial charge is 0.493 e. The molecule has 1 aromatic carbocycles. The van der Waals surface area contributed by atoms with Gasteiger partial charge in [0.05, 0.1) is 19.3 Å². The average Bonchev–Trinajstić information content (AvgIpc) is 2.83. The molecule has 1 aromatic heterocycles. The van der Waals surface area contributed by atoms with Crippen LogP contribution in [0.25, 0.3) is 0 Å². The van der Waals surface area contributed by atoms with E-state index in [-0.39, 0.29) is 12.3 Å². The summed E-state index contributed by atoms with van der Waals surface area (Å²) in [5.74, 6) is -0.294. The first-order valence-corrected chi connectivity index (χ1v) is 7.21. The van der Waals surface area contributed by atoms with Crippen molar-refractivity contribution in [1.82, 2.24) is 4.98 Å². The lowest BCUT2D eigenvalue weighted by molar-refractivity contribution is 0.0525. The lowest BCUT2D eigenvalue weighted by Crippen LogP contribution is -2.12. The highest BCUT2D eigenvalue weighted by Crippen LogP contribution is 2.27. The summed E-state index contributed by atoms with van der Waals surface area (Å²) in [5.41, 5.74) is 1.64. The Morgan fingerprint density at radius 2 is 1.74 bits per heavy atom. The first-order valence-electron chi connectivity index (χ1n) is 7.21. The molecule has 0 aliphatic carbocycles. The summed E-state index contributed by atoms with van der Waals surface area (Å²) in [7, 11) is 1.50. The second-order valence-electron chi connectivity index (χ2n) is 4.89. The number of para-hydroxylation sites is 2. The van der Waals surface area contributed by atoms with Crippen LogP contribution in [-0.2, 0) is 4.74 Å². The van der Waals surface area contributed by atoms with E-state index in [0.717, 1.165) is 0 Å². The van der Waals surface area contributed by atoms with E-state index in [0.29, 0.717) is 28.3 Å². The van der Waals surface area contributed by atoms with Crippen LogP contribution in [0.3, 0.4) is 0 Å². The number of nitrogens with one attached hydrogen (secondary N) is 1. The number of aromatic nitrogens is 1. The van der Waals surface area contributed by atoms with Gasteiger partial charge in [-0.05, 0) is 38.5 Å². The Balaban J connectivity index is 2.30. The van der Waals surface area contributed by atoms with Crippen molar-refractivity contribution >= 4 is 11.9 Å². The maximum Gasteiger partial charge on any atom is 0.360 e. The summed E-state index contributed by atoms with van der Waals surface area (Å²) >= 11 is 0. The van der Waals surface area contributed by atoms with Gasteiger partial charge in [-0.3, -0.25) is 0 Å². The predicted molar refractivity (Wildman–Crippen MR) is 84.2 cm³/mol. The van der Waals surface area contributed by atoms with Gasteiger partial charge in [-0.1, -0.05) is 12.1 Å². The van der Waals surface area contributed by atoms with Crippen molar-refractivity contribution in [2.45, 2.75) is 20.8 Å². The first-order chi connectivity index (χ1) is 11.0. The third kappa shape index (κ3) is 3.36. The van der Waals surface area contributed by atoms with Gasteiger partial charge in [-0.15, -0.1) is 0 Å². The van der Waals surface area contributed by atoms with Crippen LogP contribution in [0.2, 0.25) is 0 Å². The Kier molecular flexibility index (Phi) is 5.05. The summed E-state index contributed by atoms with van der Waals surface area (Å²) in [4.78, 5) is 27.2. The molecule has 122 valence electrons. The van der Waals surface area contributed by atoms with Crippen LogP contribution in [-0.4, -0.2) is 30.6 Å². The van der Waals surface area contributed by atoms with Gasteiger partial charge in [0.2, 0.25) is 0 Å². The molecule has 0 bridgehead atoms. The van der Waals surface area contributed by atoms with Crippen LogP contribution < -0.4 is 9.47 Å². The highest BCUT2D eigenvalue weighted by Gasteiger charge is 2.24. The average molecular weight is 317 g/mol. The molecule has 0 radical (unpaired) electrons. The number of ether oxygens (including phenoxy) is 3. The van der Waals surface area contributed by atoms with Crippen LogP contribution in [0.4, 0.5) is 0 Å². The molecule has 0 aliphatic rings. The van der Waals surface area contributed by atoms with Gasteiger partial charge in [-0.25, -0.2) is 9.59 Å². The minimum Gasteiger partial charge on any atom is -0.493 e. The molecule has 0 saturated carbocycles. The van der Waals surface area contributed by atoms with E-state index in [1.165, 1.54) is 7.11 Å². The molecular weight excluding hydrogens is 298 g/mol. The molecule has 2 aromatic rings. The molecule has 0 amide bonds. The van der Waals surface area contributed by atoms with Crippen molar-refractivity contribution in [2.24, 2.45) is 0 Å². The number of benzene rings is 1. The third-order valence-corrected chi connectivity index (χ3v) is 3.39. The molecular formula is C17H19NO5. The van der Waals surface area contributed by atoms with Crippen LogP contribution in [0.15, 0.2) is 24.3 Å². The number of carbonyl (C=O) groups excluding carboxylic acids is 2. The van der Waals surface area contributed by atoms with E-state index < -0.39 is 11.9 Å². The zero-order valence-corrected chi connectivity index (χ0v) is 13.6. The zero-order valence-electron chi connectivity index (χ0n) is 13.6. The first kappa shape index (κ1) is 16.6. The van der Waals surface area contributed by atoms with Gasteiger partial charge in [0, 0.05) is 5.69 Å².